The molecule has 0 spiro atoms. The molecule has 5 nitrogen and oxygen atoms in total. The number of aromatic nitrogens is 2. The summed E-state index contributed by atoms with van der Waals surface area (Å²) in [6.07, 6.45) is 1.86. The van der Waals surface area contributed by atoms with Gasteiger partial charge in [0.2, 0.25) is 0 Å². The van der Waals surface area contributed by atoms with Crippen molar-refractivity contribution in [3.63, 3.8) is 0 Å². The van der Waals surface area contributed by atoms with Crippen molar-refractivity contribution in [2.75, 3.05) is 9.80 Å². The van der Waals surface area contributed by atoms with Crippen LogP contribution in [-0.2, 0) is 5.41 Å². The Kier molecular flexibility index (Phi) is 7.00. The predicted molar refractivity (Wildman–Crippen MR) is 253 cm³/mol. The number of pyridine rings is 1. The topological polar surface area (TPSA) is 33.5 Å². The summed E-state index contributed by atoms with van der Waals surface area (Å²) in [6.45, 7) is 18.8. The van der Waals surface area contributed by atoms with Crippen LogP contribution in [0.15, 0.2) is 175 Å². The molecule has 300 valence electrons. The Balaban J connectivity index is 1.23. The zero-order valence-electron chi connectivity index (χ0n) is 45.5. The minimum absolute atomic E-state index is 0.0838. The maximum atomic E-state index is 9.17. The molecule has 0 N–H and O–H groups in total. The number of para-hydroxylation sites is 2. The molecule has 1 saturated heterocycles. The number of benzene rings is 6. The fourth-order valence-corrected chi connectivity index (χ4v) is 8.50. The van der Waals surface area contributed by atoms with E-state index in [0.29, 0.717) is 23.0 Å². The maximum absolute atomic E-state index is 9.17. The normalized spacial score (nSPS) is 17.2. The SMILES string of the molecule is [2H]c1c([2H])c([2H])c(-c2cccc(-c3c([2H])c([2H])c([2H])c([2H])c3[2H])c2N2C(=C(C)C)N(c3cccc(Oc4ccc5c6ccccc6n(-c6cc(C(C)(C)C)ccn6)c5c4)c3)C(C)(C)C2(C)C)c([2H])c1[2H]. The smallest absolute Gasteiger partial charge is 0.137 e. The van der Waals surface area contributed by atoms with Crippen LogP contribution in [0.4, 0.5) is 11.4 Å². The number of rotatable bonds is 7. The highest BCUT2D eigenvalue weighted by atomic mass is 16.5. The summed E-state index contributed by atoms with van der Waals surface area (Å²) >= 11 is 0. The van der Waals surface area contributed by atoms with Crippen molar-refractivity contribution in [3.05, 3.63) is 181 Å². The van der Waals surface area contributed by atoms with E-state index in [4.69, 9.17) is 23.4 Å². The molecule has 0 aliphatic carbocycles. The van der Waals surface area contributed by atoms with Crippen LogP contribution in [0.3, 0.4) is 0 Å². The van der Waals surface area contributed by atoms with E-state index in [2.05, 4.69) is 74.4 Å². The van der Waals surface area contributed by atoms with Gasteiger partial charge in [-0.15, -0.1) is 0 Å². The van der Waals surface area contributed by atoms with Crippen molar-refractivity contribution in [1.82, 2.24) is 9.55 Å². The Morgan fingerprint density at radius 2 is 1.22 bits per heavy atom. The van der Waals surface area contributed by atoms with E-state index in [1.807, 2.05) is 87.3 Å². The number of anilines is 2. The molecule has 0 amide bonds. The van der Waals surface area contributed by atoms with Crippen molar-refractivity contribution in [1.29, 1.82) is 0 Å². The first-order valence-corrected chi connectivity index (χ1v) is 20.2. The van der Waals surface area contributed by atoms with Gasteiger partial charge in [0, 0.05) is 45.9 Å². The number of hydrogen-bond donors (Lipinski definition) is 0. The Hall–Kier alpha value is -6.59. The van der Waals surface area contributed by atoms with E-state index in [1.54, 1.807) is 18.2 Å². The lowest BCUT2D eigenvalue weighted by atomic mass is 9.81. The van der Waals surface area contributed by atoms with Crippen LogP contribution in [0.1, 0.15) is 81.6 Å². The molecule has 1 aliphatic rings. The molecular weight excluding hydrogens is 733 g/mol. The number of hydrogen-bond acceptors (Lipinski definition) is 4. The summed E-state index contributed by atoms with van der Waals surface area (Å²) in [5, 5.41) is 2.15. The number of fused-ring (bicyclic) bond motifs is 3. The summed E-state index contributed by atoms with van der Waals surface area (Å²) < 4.78 is 97.2. The number of nitrogens with zero attached hydrogens (tertiary/aromatic N) is 4. The van der Waals surface area contributed by atoms with Gasteiger partial charge in [0.15, 0.2) is 0 Å². The van der Waals surface area contributed by atoms with E-state index in [0.717, 1.165) is 44.4 Å². The lowest BCUT2D eigenvalue weighted by molar-refractivity contribution is 0.345. The Morgan fingerprint density at radius 1 is 0.617 bits per heavy atom. The second-order valence-corrected chi connectivity index (χ2v) is 17.6. The molecule has 1 aliphatic heterocycles. The van der Waals surface area contributed by atoms with Crippen molar-refractivity contribution in [2.24, 2.45) is 0 Å². The number of ether oxygens (including phenoxy) is 1. The average molecular weight is 797 g/mol. The van der Waals surface area contributed by atoms with Gasteiger partial charge in [-0.1, -0.05) is 124 Å². The van der Waals surface area contributed by atoms with Crippen LogP contribution in [0.25, 0.3) is 49.9 Å². The van der Waals surface area contributed by atoms with Crippen LogP contribution < -0.4 is 14.5 Å². The lowest BCUT2D eigenvalue weighted by Crippen LogP contribution is -2.54. The Morgan fingerprint density at radius 3 is 1.87 bits per heavy atom. The highest BCUT2D eigenvalue weighted by Gasteiger charge is 2.57. The van der Waals surface area contributed by atoms with E-state index in [9.17, 15) is 0 Å². The van der Waals surface area contributed by atoms with Crippen LogP contribution in [0, 0.1) is 0 Å². The molecule has 0 saturated carbocycles. The first-order chi connectivity index (χ1) is 32.9. The van der Waals surface area contributed by atoms with Crippen molar-refractivity contribution < 1.29 is 18.4 Å². The van der Waals surface area contributed by atoms with Crippen molar-refractivity contribution in [3.8, 4) is 39.6 Å². The molecule has 8 aromatic rings. The van der Waals surface area contributed by atoms with Crippen LogP contribution in [-0.4, -0.2) is 20.6 Å². The van der Waals surface area contributed by atoms with Gasteiger partial charge in [0.1, 0.15) is 23.1 Å². The number of allylic oxidation sites excluding steroid dienone is 1. The zero-order chi connectivity index (χ0) is 50.7. The molecular formula is C55H54N4O. The summed E-state index contributed by atoms with van der Waals surface area (Å²) in [5.74, 6) is 2.66. The molecule has 5 heteroatoms. The first kappa shape index (κ1) is 28.8. The second kappa shape index (κ2) is 14.6. The highest BCUT2D eigenvalue weighted by molar-refractivity contribution is 6.09. The van der Waals surface area contributed by atoms with Crippen LogP contribution in [0.5, 0.6) is 11.5 Å². The monoisotopic (exact) mass is 796 g/mol. The average Bonchev–Trinajstić information content (AvgIpc) is 3.73. The van der Waals surface area contributed by atoms with Crippen molar-refractivity contribution >= 4 is 33.2 Å². The predicted octanol–water partition coefficient (Wildman–Crippen LogP) is 14.7. The lowest BCUT2D eigenvalue weighted by Gasteiger charge is -2.43. The first-order valence-electron chi connectivity index (χ1n) is 25.2. The van der Waals surface area contributed by atoms with Gasteiger partial charge >= 0.3 is 0 Å². The molecule has 9 rings (SSSR count). The Labute approximate surface area is 369 Å². The molecule has 60 heavy (non-hydrogen) atoms. The third-order valence-corrected chi connectivity index (χ3v) is 12.1. The van der Waals surface area contributed by atoms with Gasteiger partial charge in [-0.05, 0) is 112 Å². The standard InChI is InChI=1S/C55H54N4O/c1-37(2)52-58(54(6,7)55(8,9)59(52)51-44(38-20-12-10-13-21-38)27-19-28-45(51)39-22-14-11-15-23-39)41-24-18-25-42(35-41)60-43-30-31-47-46-26-16-17-29-48(46)57(49(47)36-43)50-34-40(32-33-56-50)53(3,4)5/h10-36H,1-9H3/i10D,11D,12D,13D,14D,15D,20D,21D,22D,23D. The molecule has 0 radical (unpaired) electrons. The maximum Gasteiger partial charge on any atom is 0.137 e. The van der Waals surface area contributed by atoms with E-state index < -0.39 is 71.5 Å². The fourth-order valence-electron chi connectivity index (χ4n) is 8.50. The van der Waals surface area contributed by atoms with E-state index >= 15 is 0 Å². The molecule has 0 bridgehead atoms. The third kappa shape index (κ3) is 6.44. The van der Waals surface area contributed by atoms with Gasteiger partial charge in [-0.25, -0.2) is 4.98 Å². The molecule has 0 unspecified atom stereocenters. The van der Waals surface area contributed by atoms with Crippen LogP contribution in [0.2, 0.25) is 0 Å². The van der Waals surface area contributed by atoms with Crippen LogP contribution >= 0.6 is 0 Å². The summed E-state index contributed by atoms with van der Waals surface area (Å²) in [5.41, 5.74) is 3.54. The molecule has 0 atom stereocenters. The third-order valence-electron chi connectivity index (χ3n) is 12.1. The van der Waals surface area contributed by atoms with Gasteiger partial charge in [-0.2, -0.15) is 0 Å². The summed E-state index contributed by atoms with van der Waals surface area (Å²) in [6, 6.07) is 26.4. The minimum atomic E-state index is -0.918. The highest BCUT2D eigenvalue weighted by Crippen LogP contribution is 2.55. The quantitative estimate of drug-likeness (QED) is 0.161. The molecule has 1 fully saturated rings. The van der Waals surface area contributed by atoms with Gasteiger partial charge in [0.05, 0.1) is 41.5 Å². The van der Waals surface area contributed by atoms with Crippen molar-refractivity contribution in [2.45, 2.75) is 78.8 Å². The fraction of sp³-hybridized carbons (Fsp3) is 0.218. The minimum Gasteiger partial charge on any atom is -0.457 e. The largest absolute Gasteiger partial charge is 0.457 e. The van der Waals surface area contributed by atoms with Gasteiger partial charge < -0.3 is 14.5 Å². The summed E-state index contributed by atoms with van der Waals surface area (Å²) in [4.78, 5) is 9.07. The molecule has 3 heterocycles. The second-order valence-electron chi connectivity index (χ2n) is 17.6. The molecule has 6 aromatic carbocycles. The zero-order valence-corrected chi connectivity index (χ0v) is 35.5. The Bertz CT molecular complexity index is 3370. The van der Waals surface area contributed by atoms with Gasteiger partial charge in [-0.3, -0.25) is 4.57 Å². The van der Waals surface area contributed by atoms with E-state index in [-0.39, 0.29) is 27.7 Å². The van der Waals surface area contributed by atoms with Gasteiger partial charge in [0.25, 0.3) is 0 Å². The molecule has 2 aromatic heterocycles. The summed E-state index contributed by atoms with van der Waals surface area (Å²) in [7, 11) is 0. The van der Waals surface area contributed by atoms with E-state index in [1.165, 1.54) is 0 Å².